The van der Waals surface area contributed by atoms with Crippen LogP contribution in [0.5, 0.6) is 0 Å². The molecule has 0 radical (unpaired) electrons. The fourth-order valence-corrected chi connectivity index (χ4v) is 3.60. The molecule has 18 heavy (non-hydrogen) atoms. The molecule has 1 N–H and O–H groups in total. The van der Waals surface area contributed by atoms with E-state index in [1.165, 1.54) is 56.5 Å². The van der Waals surface area contributed by atoms with E-state index in [0.717, 1.165) is 5.92 Å². The highest BCUT2D eigenvalue weighted by molar-refractivity contribution is 5.40. The molecule has 0 spiro atoms. The van der Waals surface area contributed by atoms with Crippen molar-refractivity contribution in [2.24, 2.45) is 5.92 Å². The van der Waals surface area contributed by atoms with Crippen LogP contribution in [-0.4, -0.2) is 15.8 Å². The highest BCUT2D eigenvalue weighted by atomic mass is 15.4. The Morgan fingerprint density at radius 2 is 2.06 bits per heavy atom. The average molecular weight is 247 g/mol. The van der Waals surface area contributed by atoms with Crippen LogP contribution in [0.1, 0.15) is 64.1 Å². The molecule has 2 atom stereocenters. The van der Waals surface area contributed by atoms with Gasteiger partial charge in [-0.25, -0.2) is 4.68 Å². The van der Waals surface area contributed by atoms with E-state index < -0.39 is 0 Å². The van der Waals surface area contributed by atoms with E-state index in [2.05, 4.69) is 29.9 Å². The second-order valence-electron chi connectivity index (χ2n) is 6.30. The minimum absolute atomic E-state index is 0.538. The van der Waals surface area contributed by atoms with Crippen LogP contribution in [0.4, 0.5) is 5.82 Å². The maximum absolute atomic E-state index is 4.81. The lowest BCUT2D eigenvalue weighted by atomic mass is 9.86. The van der Waals surface area contributed by atoms with Gasteiger partial charge in [-0.15, -0.1) is 0 Å². The molecular weight excluding hydrogens is 222 g/mol. The average Bonchev–Trinajstić information content (AvgIpc) is 2.73. The predicted molar refractivity (Wildman–Crippen MR) is 74.9 cm³/mol. The summed E-state index contributed by atoms with van der Waals surface area (Å²) in [5.41, 5.74) is 1.30. The van der Waals surface area contributed by atoms with E-state index >= 15 is 0 Å². The Balaban J connectivity index is 1.72. The van der Waals surface area contributed by atoms with Crippen molar-refractivity contribution in [3.05, 3.63) is 11.8 Å². The molecular formula is C15H25N3. The lowest BCUT2D eigenvalue weighted by Crippen LogP contribution is -2.28. The fraction of sp³-hybridized carbons (Fsp3) is 0.800. The molecule has 1 aliphatic heterocycles. The van der Waals surface area contributed by atoms with E-state index in [1.807, 2.05) is 0 Å². The van der Waals surface area contributed by atoms with Gasteiger partial charge in [-0.05, 0) is 32.6 Å². The van der Waals surface area contributed by atoms with Gasteiger partial charge in [0, 0.05) is 12.1 Å². The summed E-state index contributed by atoms with van der Waals surface area (Å²) in [6.07, 6.45) is 9.45. The smallest absolute Gasteiger partial charge is 0.125 e. The third-order valence-corrected chi connectivity index (χ3v) is 4.52. The van der Waals surface area contributed by atoms with E-state index in [9.17, 15) is 0 Å². The third kappa shape index (κ3) is 2.40. The first kappa shape index (κ1) is 12.1. The molecule has 3 rings (SSSR count). The summed E-state index contributed by atoms with van der Waals surface area (Å²) in [7, 11) is 0. The second kappa shape index (κ2) is 4.94. The standard InChI is InChI=1S/C15H25N3/c1-11-8-12(2)18-15(16-11)10-14(17-18)9-13-6-4-3-5-7-13/h10-13,16H,3-9H2,1-2H3. The van der Waals surface area contributed by atoms with Gasteiger partial charge < -0.3 is 5.32 Å². The van der Waals surface area contributed by atoms with Crippen LogP contribution in [-0.2, 0) is 6.42 Å². The number of hydrogen-bond acceptors (Lipinski definition) is 2. The normalized spacial score (nSPS) is 28.8. The van der Waals surface area contributed by atoms with Crippen LogP contribution >= 0.6 is 0 Å². The minimum atomic E-state index is 0.538. The number of aromatic nitrogens is 2. The molecule has 2 heterocycles. The molecule has 2 unspecified atom stereocenters. The van der Waals surface area contributed by atoms with Crippen molar-refractivity contribution >= 4 is 5.82 Å². The Labute approximate surface area is 110 Å². The Hall–Kier alpha value is -0.990. The predicted octanol–water partition coefficient (Wildman–Crippen LogP) is 3.77. The molecule has 1 fully saturated rings. The SMILES string of the molecule is CC1CC(C)n2nc(CC3CCCCC3)cc2N1. The number of nitrogens with one attached hydrogen (secondary N) is 1. The first-order valence-electron chi connectivity index (χ1n) is 7.57. The van der Waals surface area contributed by atoms with Crippen molar-refractivity contribution < 1.29 is 0 Å². The monoisotopic (exact) mass is 247 g/mol. The third-order valence-electron chi connectivity index (χ3n) is 4.52. The summed E-state index contributed by atoms with van der Waals surface area (Å²) in [4.78, 5) is 0. The summed E-state index contributed by atoms with van der Waals surface area (Å²) in [6, 6.07) is 3.39. The number of anilines is 1. The molecule has 0 amide bonds. The molecule has 3 heteroatoms. The van der Waals surface area contributed by atoms with Gasteiger partial charge in [0.05, 0.1) is 11.7 Å². The van der Waals surface area contributed by atoms with Crippen LogP contribution in [0, 0.1) is 5.92 Å². The van der Waals surface area contributed by atoms with E-state index in [4.69, 9.17) is 5.10 Å². The van der Waals surface area contributed by atoms with Crippen molar-refractivity contribution in [3.8, 4) is 0 Å². The van der Waals surface area contributed by atoms with Crippen molar-refractivity contribution in [2.45, 2.75) is 70.9 Å². The number of nitrogens with zero attached hydrogens (tertiary/aromatic N) is 2. The van der Waals surface area contributed by atoms with Crippen molar-refractivity contribution in [1.29, 1.82) is 0 Å². The summed E-state index contributed by atoms with van der Waals surface area (Å²) >= 11 is 0. The van der Waals surface area contributed by atoms with E-state index in [1.54, 1.807) is 0 Å². The zero-order valence-corrected chi connectivity index (χ0v) is 11.7. The Kier molecular flexibility index (Phi) is 3.31. The van der Waals surface area contributed by atoms with Crippen LogP contribution in [0.2, 0.25) is 0 Å². The molecule has 3 nitrogen and oxygen atoms in total. The van der Waals surface area contributed by atoms with Gasteiger partial charge in [0.15, 0.2) is 0 Å². The summed E-state index contributed by atoms with van der Waals surface area (Å²) in [5, 5.41) is 8.36. The maximum Gasteiger partial charge on any atom is 0.125 e. The number of rotatable bonds is 2. The fourth-order valence-electron chi connectivity index (χ4n) is 3.60. The zero-order valence-electron chi connectivity index (χ0n) is 11.7. The van der Waals surface area contributed by atoms with E-state index in [0.29, 0.717) is 12.1 Å². The number of fused-ring (bicyclic) bond motifs is 1. The lowest BCUT2D eigenvalue weighted by Gasteiger charge is -2.27. The van der Waals surface area contributed by atoms with Crippen LogP contribution < -0.4 is 5.32 Å². The van der Waals surface area contributed by atoms with Crippen molar-refractivity contribution in [3.63, 3.8) is 0 Å². The van der Waals surface area contributed by atoms with Crippen molar-refractivity contribution in [2.75, 3.05) is 5.32 Å². The summed E-state index contributed by atoms with van der Waals surface area (Å²) in [5.74, 6) is 2.11. The van der Waals surface area contributed by atoms with Crippen LogP contribution in [0.3, 0.4) is 0 Å². The topological polar surface area (TPSA) is 29.9 Å². The van der Waals surface area contributed by atoms with Gasteiger partial charge in [-0.2, -0.15) is 5.10 Å². The highest BCUT2D eigenvalue weighted by Gasteiger charge is 2.23. The Morgan fingerprint density at radius 1 is 1.28 bits per heavy atom. The molecule has 100 valence electrons. The molecule has 1 aromatic heterocycles. The Bertz CT molecular complexity index is 404. The van der Waals surface area contributed by atoms with Crippen LogP contribution in [0.25, 0.3) is 0 Å². The summed E-state index contributed by atoms with van der Waals surface area (Å²) in [6.45, 7) is 4.53. The van der Waals surface area contributed by atoms with Gasteiger partial charge in [0.2, 0.25) is 0 Å². The van der Waals surface area contributed by atoms with Crippen LogP contribution in [0.15, 0.2) is 6.07 Å². The van der Waals surface area contributed by atoms with Gasteiger partial charge in [-0.3, -0.25) is 0 Å². The molecule has 0 aromatic carbocycles. The molecule has 1 aromatic rings. The summed E-state index contributed by atoms with van der Waals surface area (Å²) < 4.78 is 2.19. The van der Waals surface area contributed by atoms with E-state index in [-0.39, 0.29) is 0 Å². The molecule has 0 bridgehead atoms. The first-order chi connectivity index (χ1) is 8.72. The van der Waals surface area contributed by atoms with Crippen molar-refractivity contribution in [1.82, 2.24) is 9.78 Å². The van der Waals surface area contributed by atoms with Gasteiger partial charge >= 0.3 is 0 Å². The quantitative estimate of drug-likeness (QED) is 0.862. The molecule has 1 aliphatic carbocycles. The Morgan fingerprint density at radius 3 is 2.83 bits per heavy atom. The largest absolute Gasteiger partial charge is 0.368 e. The second-order valence-corrected chi connectivity index (χ2v) is 6.30. The van der Waals surface area contributed by atoms with Gasteiger partial charge in [-0.1, -0.05) is 32.1 Å². The van der Waals surface area contributed by atoms with Gasteiger partial charge in [0.1, 0.15) is 5.82 Å². The maximum atomic E-state index is 4.81. The number of hydrogen-bond donors (Lipinski definition) is 1. The molecule has 0 saturated heterocycles. The minimum Gasteiger partial charge on any atom is -0.368 e. The van der Waals surface area contributed by atoms with Gasteiger partial charge in [0.25, 0.3) is 0 Å². The molecule has 2 aliphatic rings. The zero-order chi connectivity index (χ0) is 12.5. The molecule has 1 saturated carbocycles. The lowest BCUT2D eigenvalue weighted by molar-refractivity contribution is 0.350. The first-order valence-corrected chi connectivity index (χ1v) is 7.57. The highest BCUT2D eigenvalue weighted by Crippen LogP contribution is 2.30.